The van der Waals surface area contributed by atoms with E-state index >= 15 is 0 Å². The number of benzene rings is 1. The van der Waals surface area contributed by atoms with Crippen molar-refractivity contribution in [1.82, 2.24) is 5.32 Å². The summed E-state index contributed by atoms with van der Waals surface area (Å²) in [5.41, 5.74) is 0.115. The van der Waals surface area contributed by atoms with Gasteiger partial charge >= 0.3 is 5.97 Å². The van der Waals surface area contributed by atoms with Crippen LogP contribution in [-0.2, 0) is 15.0 Å². The molecule has 1 aromatic rings. The van der Waals surface area contributed by atoms with Crippen molar-refractivity contribution in [3.8, 4) is 0 Å². The second kappa shape index (κ2) is 4.64. The molecule has 2 bridgehead atoms. The van der Waals surface area contributed by atoms with E-state index in [2.05, 4.69) is 5.32 Å². The number of hydrogen-bond donors (Lipinski definition) is 2. The number of carbonyl (C=O) groups excluding carboxylic acids is 1. The first kappa shape index (κ1) is 13.7. The van der Waals surface area contributed by atoms with Gasteiger partial charge in [0.25, 0.3) is 0 Å². The van der Waals surface area contributed by atoms with E-state index < -0.39 is 23.2 Å². The molecule has 1 saturated carbocycles. The zero-order valence-electron chi connectivity index (χ0n) is 10.5. The van der Waals surface area contributed by atoms with E-state index in [4.69, 9.17) is 23.2 Å². The van der Waals surface area contributed by atoms with Crippen LogP contribution in [0.25, 0.3) is 0 Å². The summed E-state index contributed by atoms with van der Waals surface area (Å²) in [5, 5.41) is 13.1. The first-order valence-electron chi connectivity index (χ1n) is 6.43. The molecular formula is C14H13Cl2NO3. The highest BCUT2D eigenvalue weighted by Crippen LogP contribution is 2.50. The SMILES string of the molecule is O=C(O)[C@@H]1C(=O)N[C@@H]2CC[C@@]1(c1ccc(Cl)c(Cl)c1)C2. The molecule has 1 aromatic carbocycles. The molecule has 4 nitrogen and oxygen atoms in total. The Labute approximate surface area is 126 Å². The van der Waals surface area contributed by atoms with Crippen LogP contribution >= 0.6 is 23.2 Å². The van der Waals surface area contributed by atoms with Gasteiger partial charge in [-0.1, -0.05) is 29.3 Å². The third-order valence-electron chi connectivity index (χ3n) is 4.45. The normalized spacial score (nSPS) is 32.0. The van der Waals surface area contributed by atoms with Gasteiger partial charge in [-0.2, -0.15) is 0 Å². The van der Waals surface area contributed by atoms with Gasteiger partial charge in [-0.05, 0) is 37.0 Å². The number of rotatable bonds is 2. The lowest BCUT2D eigenvalue weighted by atomic mass is 9.67. The summed E-state index contributed by atoms with van der Waals surface area (Å²) in [6, 6.07) is 5.19. The van der Waals surface area contributed by atoms with Crippen molar-refractivity contribution in [2.75, 3.05) is 0 Å². The monoisotopic (exact) mass is 313 g/mol. The van der Waals surface area contributed by atoms with Gasteiger partial charge < -0.3 is 10.4 Å². The van der Waals surface area contributed by atoms with Crippen LogP contribution in [0.4, 0.5) is 0 Å². The highest BCUT2D eigenvalue weighted by molar-refractivity contribution is 6.42. The van der Waals surface area contributed by atoms with Gasteiger partial charge in [0.05, 0.1) is 10.0 Å². The predicted molar refractivity (Wildman–Crippen MR) is 75.0 cm³/mol. The quantitative estimate of drug-likeness (QED) is 0.825. The van der Waals surface area contributed by atoms with Crippen LogP contribution in [0.2, 0.25) is 10.0 Å². The average Bonchev–Trinajstić information content (AvgIpc) is 2.71. The van der Waals surface area contributed by atoms with Crippen LogP contribution in [0, 0.1) is 5.92 Å². The van der Waals surface area contributed by atoms with Crippen LogP contribution < -0.4 is 5.32 Å². The number of carbonyl (C=O) groups is 2. The summed E-state index contributed by atoms with van der Waals surface area (Å²) in [5.74, 6) is -2.57. The number of hydrogen-bond acceptors (Lipinski definition) is 2. The molecule has 0 radical (unpaired) electrons. The van der Waals surface area contributed by atoms with Gasteiger partial charge in [0.2, 0.25) is 5.91 Å². The molecule has 2 fully saturated rings. The fourth-order valence-electron chi connectivity index (χ4n) is 3.58. The highest BCUT2D eigenvalue weighted by atomic mass is 35.5. The third kappa shape index (κ3) is 1.90. The lowest BCUT2D eigenvalue weighted by Gasteiger charge is -2.38. The summed E-state index contributed by atoms with van der Waals surface area (Å²) in [6.45, 7) is 0. The molecule has 0 spiro atoms. The minimum Gasteiger partial charge on any atom is -0.481 e. The second-order valence-electron chi connectivity index (χ2n) is 5.50. The molecule has 1 saturated heterocycles. The summed E-state index contributed by atoms with van der Waals surface area (Å²) >= 11 is 12.0. The Morgan fingerprint density at radius 2 is 2.10 bits per heavy atom. The van der Waals surface area contributed by atoms with Gasteiger partial charge in [0.1, 0.15) is 5.92 Å². The molecule has 2 aliphatic rings. The minimum atomic E-state index is -1.09. The van der Waals surface area contributed by atoms with E-state index in [9.17, 15) is 14.7 Å². The molecule has 3 rings (SSSR count). The predicted octanol–water partition coefficient (Wildman–Crippen LogP) is 2.61. The number of nitrogens with one attached hydrogen (secondary N) is 1. The van der Waals surface area contributed by atoms with Crippen LogP contribution in [0.3, 0.4) is 0 Å². The standard InChI is InChI=1S/C14H13Cl2NO3/c15-9-2-1-7(5-10(9)16)14-4-3-8(6-14)17-12(18)11(14)13(19)20/h1-2,5,8,11H,3-4,6H2,(H,17,18)(H,19,20)/t8-,11+,14+/m1/s1. The fourth-order valence-corrected chi connectivity index (χ4v) is 3.88. The lowest BCUT2D eigenvalue weighted by molar-refractivity contribution is -0.151. The Morgan fingerprint density at radius 1 is 1.35 bits per heavy atom. The molecule has 2 N–H and O–H groups in total. The van der Waals surface area contributed by atoms with Crippen LogP contribution in [0.1, 0.15) is 24.8 Å². The molecule has 1 aliphatic carbocycles. The number of fused-ring (bicyclic) bond motifs is 2. The maximum atomic E-state index is 12.1. The number of piperidine rings is 1. The van der Waals surface area contributed by atoms with Crippen molar-refractivity contribution >= 4 is 35.1 Å². The zero-order valence-corrected chi connectivity index (χ0v) is 12.0. The van der Waals surface area contributed by atoms with Crippen molar-refractivity contribution in [1.29, 1.82) is 0 Å². The maximum absolute atomic E-state index is 12.1. The minimum absolute atomic E-state index is 0.0487. The van der Waals surface area contributed by atoms with Gasteiger partial charge in [-0.15, -0.1) is 0 Å². The van der Waals surface area contributed by atoms with Gasteiger partial charge in [0.15, 0.2) is 0 Å². The first-order chi connectivity index (χ1) is 9.44. The Hall–Kier alpha value is -1.26. The van der Waals surface area contributed by atoms with E-state index in [1.807, 2.05) is 0 Å². The van der Waals surface area contributed by atoms with Crippen molar-refractivity contribution < 1.29 is 14.7 Å². The van der Waals surface area contributed by atoms with Crippen molar-refractivity contribution in [3.63, 3.8) is 0 Å². The molecule has 6 heteroatoms. The van der Waals surface area contributed by atoms with Crippen LogP contribution in [0.5, 0.6) is 0 Å². The van der Waals surface area contributed by atoms with Crippen LogP contribution in [0.15, 0.2) is 18.2 Å². The highest BCUT2D eigenvalue weighted by Gasteiger charge is 2.56. The van der Waals surface area contributed by atoms with Gasteiger partial charge in [0, 0.05) is 11.5 Å². The van der Waals surface area contributed by atoms with E-state index in [-0.39, 0.29) is 6.04 Å². The molecule has 1 heterocycles. The van der Waals surface area contributed by atoms with Crippen molar-refractivity contribution in [2.45, 2.75) is 30.7 Å². The smallest absolute Gasteiger partial charge is 0.316 e. The first-order valence-corrected chi connectivity index (χ1v) is 7.18. The molecule has 3 atom stereocenters. The number of carboxylic acids is 1. The van der Waals surface area contributed by atoms with E-state index in [0.717, 1.165) is 12.0 Å². The number of amides is 1. The Balaban J connectivity index is 2.13. The maximum Gasteiger partial charge on any atom is 0.316 e. The van der Waals surface area contributed by atoms with Crippen LogP contribution in [-0.4, -0.2) is 23.0 Å². The Bertz CT molecular complexity index is 604. The number of carboxylic acid groups (broad SMARTS) is 1. The Morgan fingerprint density at radius 3 is 2.75 bits per heavy atom. The van der Waals surface area contributed by atoms with Crippen molar-refractivity contribution in [2.24, 2.45) is 5.92 Å². The van der Waals surface area contributed by atoms with Crippen molar-refractivity contribution in [3.05, 3.63) is 33.8 Å². The Kier molecular flexibility index (Phi) is 3.18. The van der Waals surface area contributed by atoms with E-state index in [0.29, 0.717) is 22.9 Å². The van der Waals surface area contributed by atoms with Gasteiger partial charge in [-0.25, -0.2) is 0 Å². The fraction of sp³-hybridized carbons (Fsp3) is 0.429. The topological polar surface area (TPSA) is 66.4 Å². The average molecular weight is 314 g/mol. The second-order valence-corrected chi connectivity index (χ2v) is 6.32. The summed E-state index contributed by atoms with van der Waals surface area (Å²) in [6.07, 6.45) is 2.08. The molecular weight excluding hydrogens is 301 g/mol. The molecule has 0 aromatic heterocycles. The summed E-state index contributed by atoms with van der Waals surface area (Å²) in [4.78, 5) is 23.6. The largest absolute Gasteiger partial charge is 0.481 e. The lowest BCUT2D eigenvalue weighted by Crippen LogP contribution is -2.54. The molecule has 0 unspecified atom stereocenters. The molecule has 1 amide bonds. The van der Waals surface area contributed by atoms with E-state index in [1.165, 1.54) is 0 Å². The molecule has 1 aliphatic heterocycles. The molecule has 106 valence electrons. The number of aliphatic carboxylic acids is 1. The number of halogens is 2. The van der Waals surface area contributed by atoms with Gasteiger partial charge in [-0.3, -0.25) is 9.59 Å². The zero-order chi connectivity index (χ0) is 14.5. The molecule has 20 heavy (non-hydrogen) atoms. The van der Waals surface area contributed by atoms with E-state index in [1.54, 1.807) is 18.2 Å². The third-order valence-corrected chi connectivity index (χ3v) is 5.19. The summed E-state index contributed by atoms with van der Waals surface area (Å²) < 4.78 is 0. The summed E-state index contributed by atoms with van der Waals surface area (Å²) in [7, 11) is 0.